The number of hydrogen-bond acceptors (Lipinski definition) is 3. The van der Waals surface area contributed by atoms with Gasteiger partial charge >= 0.3 is 0 Å². The Bertz CT molecular complexity index is 198. The molecule has 1 rings (SSSR count). The van der Waals surface area contributed by atoms with Crippen LogP contribution >= 0.6 is 0 Å². The first-order chi connectivity index (χ1) is 7.58. The fraction of sp³-hybridized carbons (Fsp3) is 1.00. The van der Waals surface area contributed by atoms with Crippen LogP contribution in [0.1, 0.15) is 39.5 Å². The smallest absolute Gasteiger partial charge is 0.0584 e. The maximum Gasteiger partial charge on any atom is 0.0584 e. The van der Waals surface area contributed by atoms with Gasteiger partial charge in [0.15, 0.2) is 0 Å². The van der Waals surface area contributed by atoms with Gasteiger partial charge in [-0.3, -0.25) is 0 Å². The lowest BCUT2D eigenvalue weighted by Crippen LogP contribution is -2.41. The second-order valence-corrected chi connectivity index (χ2v) is 5.39. The zero-order valence-electron chi connectivity index (χ0n) is 10.9. The molecule has 0 radical (unpaired) electrons. The average molecular weight is 229 g/mol. The van der Waals surface area contributed by atoms with Crippen molar-refractivity contribution >= 4 is 0 Å². The van der Waals surface area contributed by atoms with Crippen LogP contribution in [0.15, 0.2) is 0 Å². The van der Waals surface area contributed by atoms with Crippen molar-refractivity contribution in [1.82, 2.24) is 4.90 Å². The second-order valence-electron chi connectivity index (χ2n) is 5.39. The summed E-state index contributed by atoms with van der Waals surface area (Å²) in [6, 6.07) is 0.189. The third-order valence-electron chi connectivity index (χ3n) is 4.17. The summed E-state index contributed by atoms with van der Waals surface area (Å²) >= 11 is 0. The summed E-state index contributed by atoms with van der Waals surface area (Å²) in [6.07, 6.45) is 4.34. The van der Waals surface area contributed by atoms with Crippen molar-refractivity contribution in [1.29, 1.82) is 0 Å². The number of rotatable bonds is 5. The molecule has 0 amide bonds. The van der Waals surface area contributed by atoms with E-state index in [1.165, 1.54) is 12.8 Å². The Balaban J connectivity index is 2.44. The van der Waals surface area contributed by atoms with Gasteiger partial charge in [-0.25, -0.2) is 0 Å². The van der Waals surface area contributed by atoms with Crippen LogP contribution in [-0.4, -0.2) is 47.5 Å². The van der Waals surface area contributed by atoms with Gasteiger partial charge in [0, 0.05) is 12.6 Å². The van der Waals surface area contributed by atoms with Crippen LogP contribution in [-0.2, 0) is 0 Å². The molecule has 96 valence electrons. The monoisotopic (exact) mass is 229 g/mol. The van der Waals surface area contributed by atoms with Gasteiger partial charge in [0.1, 0.15) is 0 Å². The van der Waals surface area contributed by atoms with Gasteiger partial charge in [-0.15, -0.1) is 0 Å². The van der Waals surface area contributed by atoms with Crippen molar-refractivity contribution in [2.75, 3.05) is 20.2 Å². The molecule has 3 nitrogen and oxygen atoms in total. The van der Waals surface area contributed by atoms with E-state index < -0.39 is 0 Å². The van der Waals surface area contributed by atoms with Crippen molar-refractivity contribution in [2.24, 2.45) is 11.8 Å². The summed E-state index contributed by atoms with van der Waals surface area (Å²) in [6.45, 7) is 5.35. The predicted octanol–water partition coefficient (Wildman–Crippen LogP) is 1.49. The lowest BCUT2D eigenvalue weighted by atomic mass is 9.78. The summed E-state index contributed by atoms with van der Waals surface area (Å²) in [5.41, 5.74) is 0. The first-order valence-corrected chi connectivity index (χ1v) is 6.57. The highest BCUT2D eigenvalue weighted by Gasteiger charge is 2.29. The molecule has 0 heterocycles. The van der Waals surface area contributed by atoms with Crippen LogP contribution in [0.4, 0.5) is 0 Å². The molecule has 1 aliphatic carbocycles. The van der Waals surface area contributed by atoms with Crippen molar-refractivity contribution in [3.63, 3.8) is 0 Å². The SMILES string of the molecule is CCC1CCC(O)C(CN(C)C(C)CO)C1. The topological polar surface area (TPSA) is 43.7 Å². The van der Waals surface area contributed by atoms with E-state index in [1.54, 1.807) is 0 Å². The lowest BCUT2D eigenvalue weighted by Gasteiger charge is -2.36. The molecule has 3 heteroatoms. The third kappa shape index (κ3) is 3.72. The molecule has 2 N–H and O–H groups in total. The van der Waals surface area contributed by atoms with Crippen LogP contribution < -0.4 is 0 Å². The second kappa shape index (κ2) is 6.58. The van der Waals surface area contributed by atoms with Crippen molar-refractivity contribution in [2.45, 2.75) is 51.7 Å². The van der Waals surface area contributed by atoms with Crippen molar-refractivity contribution < 1.29 is 10.2 Å². The molecule has 1 aliphatic rings. The van der Waals surface area contributed by atoms with E-state index in [1.807, 2.05) is 14.0 Å². The van der Waals surface area contributed by atoms with E-state index >= 15 is 0 Å². The molecule has 0 spiro atoms. The first kappa shape index (κ1) is 13.9. The largest absolute Gasteiger partial charge is 0.395 e. The van der Waals surface area contributed by atoms with Crippen molar-refractivity contribution in [3.8, 4) is 0 Å². The fourth-order valence-electron chi connectivity index (χ4n) is 2.60. The zero-order valence-corrected chi connectivity index (χ0v) is 10.9. The molecule has 0 aromatic carbocycles. The summed E-state index contributed by atoms with van der Waals surface area (Å²) in [4.78, 5) is 2.16. The Morgan fingerprint density at radius 1 is 1.38 bits per heavy atom. The highest BCUT2D eigenvalue weighted by atomic mass is 16.3. The summed E-state index contributed by atoms with van der Waals surface area (Å²) < 4.78 is 0. The molecule has 0 bridgehead atoms. The van der Waals surface area contributed by atoms with E-state index in [-0.39, 0.29) is 18.8 Å². The van der Waals surface area contributed by atoms with Crippen LogP contribution in [0.25, 0.3) is 0 Å². The molecule has 0 aromatic heterocycles. The molecule has 1 saturated carbocycles. The van der Waals surface area contributed by atoms with E-state index in [2.05, 4.69) is 11.8 Å². The highest BCUT2D eigenvalue weighted by Crippen LogP contribution is 2.31. The van der Waals surface area contributed by atoms with Gasteiger partial charge in [0.25, 0.3) is 0 Å². The summed E-state index contributed by atoms with van der Waals surface area (Å²) in [5.74, 6) is 1.17. The van der Waals surface area contributed by atoms with Gasteiger partial charge < -0.3 is 15.1 Å². The van der Waals surface area contributed by atoms with Gasteiger partial charge in [0.2, 0.25) is 0 Å². The number of aliphatic hydroxyl groups excluding tert-OH is 2. The Hall–Kier alpha value is -0.120. The Morgan fingerprint density at radius 3 is 2.62 bits per heavy atom. The van der Waals surface area contributed by atoms with E-state index in [0.717, 1.165) is 25.3 Å². The molecular weight excluding hydrogens is 202 g/mol. The minimum absolute atomic E-state index is 0.142. The first-order valence-electron chi connectivity index (χ1n) is 6.57. The molecule has 4 unspecified atom stereocenters. The lowest BCUT2D eigenvalue weighted by molar-refractivity contribution is 0.0203. The minimum atomic E-state index is -0.142. The zero-order chi connectivity index (χ0) is 12.1. The van der Waals surface area contributed by atoms with Crippen molar-refractivity contribution in [3.05, 3.63) is 0 Å². The number of aliphatic hydroxyl groups is 2. The molecule has 0 aliphatic heterocycles. The number of likely N-dealkylation sites (N-methyl/N-ethyl adjacent to an activating group) is 1. The number of hydrogen-bond donors (Lipinski definition) is 2. The van der Waals surface area contributed by atoms with Gasteiger partial charge in [-0.1, -0.05) is 13.3 Å². The van der Waals surface area contributed by atoms with E-state index in [0.29, 0.717) is 5.92 Å². The normalized spacial score (nSPS) is 33.0. The standard InChI is InChI=1S/C13H27NO2/c1-4-11-5-6-13(16)12(7-11)8-14(3)10(2)9-15/h10-13,15-16H,4-9H2,1-3H3. The fourth-order valence-corrected chi connectivity index (χ4v) is 2.60. The van der Waals surface area contributed by atoms with Gasteiger partial charge in [-0.2, -0.15) is 0 Å². The summed E-state index contributed by atoms with van der Waals surface area (Å²) in [7, 11) is 2.03. The van der Waals surface area contributed by atoms with Gasteiger partial charge in [-0.05, 0) is 45.1 Å². The maximum atomic E-state index is 10.00. The predicted molar refractivity (Wildman–Crippen MR) is 66.3 cm³/mol. The average Bonchev–Trinajstić information content (AvgIpc) is 2.30. The highest BCUT2D eigenvalue weighted by molar-refractivity contribution is 4.82. The number of nitrogens with zero attached hydrogens (tertiary/aromatic N) is 1. The van der Waals surface area contributed by atoms with Crippen LogP contribution in [0, 0.1) is 11.8 Å². The molecule has 4 atom stereocenters. The Morgan fingerprint density at radius 2 is 2.06 bits per heavy atom. The third-order valence-corrected chi connectivity index (χ3v) is 4.17. The Kier molecular flexibility index (Phi) is 5.73. The maximum absolute atomic E-state index is 10.00. The molecule has 16 heavy (non-hydrogen) atoms. The quantitative estimate of drug-likeness (QED) is 0.750. The molecule has 0 aromatic rings. The molecule has 1 fully saturated rings. The summed E-state index contributed by atoms with van der Waals surface area (Å²) in [5, 5.41) is 19.1. The van der Waals surface area contributed by atoms with Crippen LogP contribution in [0.2, 0.25) is 0 Å². The molecule has 0 saturated heterocycles. The Labute approximate surface area is 99.5 Å². The van der Waals surface area contributed by atoms with Crippen LogP contribution in [0.5, 0.6) is 0 Å². The minimum Gasteiger partial charge on any atom is -0.395 e. The molecular formula is C13H27NO2. The van der Waals surface area contributed by atoms with Gasteiger partial charge in [0.05, 0.1) is 12.7 Å². The van der Waals surface area contributed by atoms with Crippen LogP contribution in [0.3, 0.4) is 0 Å². The van der Waals surface area contributed by atoms with E-state index in [9.17, 15) is 5.11 Å². The van der Waals surface area contributed by atoms with E-state index in [4.69, 9.17) is 5.11 Å².